The summed E-state index contributed by atoms with van der Waals surface area (Å²) in [6.07, 6.45) is 0.301. The molecule has 1 saturated heterocycles. The summed E-state index contributed by atoms with van der Waals surface area (Å²) < 4.78 is 48.9. The van der Waals surface area contributed by atoms with Crippen LogP contribution in [0, 0.1) is 17.6 Å². The zero-order chi connectivity index (χ0) is 16.6. The molecule has 0 saturated carbocycles. The van der Waals surface area contributed by atoms with Gasteiger partial charge in [-0.1, -0.05) is 0 Å². The maximum atomic E-state index is 13.2. The second-order valence-electron chi connectivity index (χ2n) is 5.26. The van der Waals surface area contributed by atoms with Gasteiger partial charge in [-0.25, -0.2) is 22.2 Å². The van der Waals surface area contributed by atoms with E-state index in [0.717, 1.165) is 23.5 Å². The zero-order valence-corrected chi connectivity index (χ0v) is 13.4. The van der Waals surface area contributed by atoms with Gasteiger partial charge in [0.1, 0.15) is 0 Å². The predicted molar refractivity (Wildman–Crippen MR) is 82.9 cm³/mol. The van der Waals surface area contributed by atoms with Gasteiger partial charge in [0.2, 0.25) is 5.91 Å². The Bertz CT molecular complexity index is 865. The molecule has 1 atom stereocenters. The molecule has 23 heavy (non-hydrogen) atoms. The van der Waals surface area contributed by atoms with Gasteiger partial charge in [-0.2, -0.15) is 0 Å². The first-order valence-corrected chi connectivity index (χ1v) is 9.46. The molecule has 1 amide bonds. The number of hydrogen-bond acceptors (Lipinski definition) is 5. The van der Waals surface area contributed by atoms with E-state index >= 15 is 0 Å². The molecule has 0 spiro atoms. The Morgan fingerprint density at radius 3 is 2.74 bits per heavy atom. The van der Waals surface area contributed by atoms with Crippen LogP contribution in [0.5, 0.6) is 0 Å². The molecule has 3 rings (SSSR count). The number of carbonyl (C=O) groups is 1. The number of thiazole rings is 1. The third kappa shape index (κ3) is 3.56. The monoisotopic (exact) mass is 358 g/mol. The van der Waals surface area contributed by atoms with Crippen molar-refractivity contribution in [3.05, 3.63) is 35.2 Å². The molecule has 1 aliphatic rings. The van der Waals surface area contributed by atoms with Crippen molar-refractivity contribution in [3.63, 3.8) is 0 Å². The number of sulfone groups is 1. The first-order valence-electron chi connectivity index (χ1n) is 6.76. The Morgan fingerprint density at radius 1 is 1.30 bits per heavy atom. The largest absolute Gasteiger partial charge is 0.302 e. The van der Waals surface area contributed by atoms with Crippen molar-refractivity contribution in [3.8, 4) is 11.3 Å². The Morgan fingerprint density at radius 2 is 2.09 bits per heavy atom. The Balaban J connectivity index is 1.72. The van der Waals surface area contributed by atoms with Crippen molar-refractivity contribution in [2.45, 2.75) is 6.42 Å². The van der Waals surface area contributed by atoms with Crippen LogP contribution in [0.15, 0.2) is 23.6 Å². The van der Waals surface area contributed by atoms with Gasteiger partial charge in [0, 0.05) is 10.9 Å². The molecule has 2 aromatic rings. The average molecular weight is 358 g/mol. The summed E-state index contributed by atoms with van der Waals surface area (Å²) in [5.74, 6) is -3.02. The van der Waals surface area contributed by atoms with Crippen molar-refractivity contribution in [2.24, 2.45) is 5.92 Å². The van der Waals surface area contributed by atoms with Crippen LogP contribution in [-0.4, -0.2) is 30.8 Å². The Kier molecular flexibility index (Phi) is 4.15. The molecule has 1 aliphatic heterocycles. The summed E-state index contributed by atoms with van der Waals surface area (Å²) >= 11 is 1.13. The fourth-order valence-corrected chi connectivity index (χ4v) is 4.79. The van der Waals surface area contributed by atoms with Crippen molar-refractivity contribution >= 4 is 32.2 Å². The predicted octanol–water partition coefficient (Wildman–Crippen LogP) is 2.46. The quantitative estimate of drug-likeness (QED) is 0.914. The van der Waals surface area contributed by atoms with E-state index in [1.54, 1.807) is 5.38 Å². The maximum absolute atomic E-state index is 13.2. The minimum atomic E-state index is -3.13. The van der Waals surface area contributed by atoms with Crippen LogP contribution >= 0.6 is 11.3 Å². The number of amides is 1. The first kappa shape index (κ1) is 16.0. The number of nitrogens with one attached hydrogen (secondary N) is 1. The molecule has 1 aromatic heterocycles. The van der Waals surface area contributed by atoms with Crippen molar-refractivity contribution in [1.82, 2.24) is 4.98 Å². The summed E-state index contributed by atoms with van der Waals surface area (Å²) in [6.45, 7) is 0. The Hall–Kier alpha value is -1.87. The second-order valence-corrected chi connectivity index (χ2v) is 8.34. The molecule has 1 N–H and O–H groups in total. The number of hydrogen-bond donors (Lipinski definition) is 1. The Labute approximate surface area is 135 Å². The van der Waals surface area contributed by atoms with E-state index in [1.165, 1.54) is 6.07 Å². The third-order valence-corrected chi connectivity index (χ3v) is 6.08. The minimum absolute atomic E-state index is 0.0169. The number of benzene rings is 1. The van der Waals surface area contributed by atoms with Gasteiger partial charge in [0.15, 0.2) is 26.6 Å². The van der Waals surface area contributed by atoms with Crippen LogP contribution < -0.4 is 5.32 Å². The summed E-state index contributed by atoms with van der Waals surface area (Å²) in [5, 5.41) is 4.47. The number of nitrogens with zero attached hydrogens (tertiary/aromatic N) is 1. The fraction of sp³-hybridized carbons (Fsp3) is 0.286. The second kappa shape index (κ2) is 5.97. The molecule has 0 aliphatic carbocycles. The lowest BCUT2D eigenvalue weighted by molar-refractivity contribution is -0.119. The van der Waals surface area contributed by atoms with Gasteiger partial charge in [-0.05, 0) is 24.6 Å². The van der Waals surface area contributed by atoms with E-state index in [2.05, 4.69) is 10.3 Å². The summed E-state index contributed by atoms with van der Waals surface area (Å²) in [7, 11) is -3.13. The smallest absolute Gasteiger partial charge is 0.230 e. The summed E-state index contributed by atoms with van der Waals surface area (Å²) in [6, 6.07) is 3.42. The van der Waals surface area contributed by atoms with Gasteiger partial charge < -0.3 is 5.32 Å². The minimum Gasteiger partial charge on any atom is -0.302 e. The molecular formula is C14H12F2N2O3S2. The summed E-state index contributed by atoms with van der Waals surface area (Å²) in [5.41, 5.74) is 0.798. The van der Waals surface area contributed by atoms with Crippen LogP contribution in [0.4, 0.5) is 13.9 Å². The third-order valence-electron chi connectivity index (χ3n) is 3.55. The molecule has 5 nitrogen and oxygen atoms in total. The molecule has 1 fully saturated rings. The van der Waals surface area contributed by atoms with Gasteiger partial charge in [-0.15, -0.1) is 11.3 Å². The van der Waals surface area contributed by atoms with Crippen LogP contribution in [0.3, 0.4) is 0 Å². The van der Waals surface area contributed by atoms with E-state index in [0.29, 0.717) is 22.8 Å². The highest BCUT2D eigenvalue weighted by Gasteiger charge is 2.33. The topological polar surface area (TPSA) is 76.1 Å². The van der Waals surface area contributed by atoms with Crippen molar-refractivity contribution in [1.29, 1.82) is 0 Å². The fourth-order valence-electron chi connectivity index (χ4n) is 2.33. The lowest BCUT2D eigenvalue weighted by atomic mass is 10.1. The zero-order valence-electron chi connectivity index (χ0n) is 11.8. The highest BCUT2D eigenvalue weighted by molar-refractivity contribution is 7.91. The number of halogens is 2. The highest BCUT2D eigenvalue weighted by Crippen LogP contribution is 2.27. The van der Waals surface area contributed by atoms with Gasteiger partial charge >= 0.3 is 0 Å². The van der Waals surface area contributed by atoms with Gasteiger partial charge in [0.25, 0.3) is 0 Å². The highest BCUT2D eigenvalue weighted by atomic mass is 32.2. The molecule has 122 valence electrons. The summed E-state index contributed by atoms with van der Waals surface area (Å²) in [4.78, 5) is 16.2. The van der Waals surface area contributed by atoms with Crippen molar-refractivity contribution in [2.75, 3.05) is 16.8 Å². The first-order chi connectivity index (χ1) is 10.8. The molecular weight excluding hydrogens is 346 g/mol. The average Bonchev–Trinajstić information content (AvgIpc) is 3.08. The molecule has 0 unspecified atom stereocenters. The number of anilines is 1. The van der Waals surface area contributed by atoms with Crippen LogP contribution in [-0.2, 0) is 14.6 Å². The van der Waals surface area contributed by atoms with Crippen molar-refractivity contribution < 1.29 is 22.0 Å². The molecule has 2 heterocycles. The number of rotatable bonds is 3. The van der Waals surface area contributed by atoms with E-state index in [9.17, 15) is 22.0 Å². The molecule has 0 radical (unpaired) electrons. The van der Waals surface area contributed by atoms with Gasteiger partial charge in [0.05, 0.1) is 23.1 Å². The normalized spacial score (nSPS) is 19.7. The lowest BCUT2D eigenvalue weighted by Crippen LogP contribution is -2.23. The van der Waals surface area contributed by atoms with E-state index < -0.39 is 33.3 Å². The molecule has 9 heteroatoms. The number of carbonyl (C=O) groups excluding carboxylic acids is 1. The van der Waals surface area contributed by atoms with E-state index in [4.69, 9.17) is 0 Å². The maximum Gasteiger partial charge on any atom is 0.230 e. The SMILES string of the molecule is O=C(Nc1nc(-c2ccc(F)c(F)c2)cs1)[C@@H]1CCS(=O)(=O)C1. The van der Waals surface area contributed by atoms with E-state index in [1.807, 2.05) is 0 Å². The molecule has 0 bridgehead atoms. The standard InChI is InChI=1S/C14H12F2N2O3S2/c15-10-2-1-8(5-11(10)16)12-6-22-14(17-12)18-13(19)9-3-4-23(20,21)7-9/h1-2,5-6,9H,3-4,7H2,(H,17,18,19)/t9-/m1/s1. The van der Waals surface area contributed by atoms with Crippen LogP contribution in [0.1, 0.15) is 6.42 Å². The lowest BCUT2D eigenvalue weighted by Gasteiger charge is -2.06. The van der Waals surface area contributed by atoms with Crippen LogP contribution in [0.25, 0.3) is 11.3 Å². The van der Waals surface area contributed by atoms with Crippen LogP contribution in [0.2, 0.25) is 0 Å². The molecule has 1 aromatic carbocycles. The van der Waals surface area contributed by atoms with E-state index in [-0.39, 0.29) is 11.5 Å². The number of aromatic nitrogens is 1. The van der Waals surface area contributed by atoms with Gasteiger partial charge in [-0.3, -0.25) is 4.79 Å².